The van der Waals surface area contributed by atoms with Gasteiger partial charge in [-0.05, 0) is 68.4 Å². The zero-order valence-corrected chi connectivity index (χ0v) is 22.2. The van der Waals surface area contributed by atoms with Gasteiger partial charge >= 0.3 is 5.97 Å². The second-order valence-corrected chi connectivity index (χ2v) is 10.0. The number of anilines is 1. The van der Waals surface area contributed by atoms with Crippen LogP contribution in [0.25, 0.3) is 6.08 Å². The number of hydrogen-bond acceptors (Lipinski definition) is 6. The van der Waals surface area contributed by atoms with E-state index in [1.807, 2.05) is 30.3 Å². The molecule has 7 heteroatoms. The zero-order valence-electron chi connectivity index (χ0n) is 21.4. The average Bonchev–Trinajstić information content (AvgIpc) is 3.25. The Morgan fingerprint density at radius 1 is 1.06 bits per heavy atom. The molecule has 1 aromatic heterocycles. The van der Waals surface area contributed by atoms with Crippen molar-refractivity contribution in [1.29, 1.82) is 5.26 Å². The SMILES string of the molecule is CCCCCCCCOc1ccc(C=C(C#N)C(=O)Nc2sc3c(c2C(=O)OCC)CCCC3)cc1. The van der Waals surface area contributed by atoms with Gasteiger partial charge in [0.15, 0.2) is 0 Å². The van der Waals surface area contributed by atoms with E-state index in [-0.39, 0.29) is 12.2 Å². The van der Waals surface area contributed by atoms with Gasteiger partial charge in [-0.1, -0.05) is 51.2 Å². The van der Waals surface area contributed by atoms with Crippen molar-refractivity contribution >= 4 is 34.3 Å². The van der Waals surface area contributed by atoms with Crippen LogP contribution in [0.2, 0.25) is 0 Å². The van der Waals surface area contributed by atoms with Crippen molar-refractivity contribution in [3.8, 4) is 11.8 Å². The minimum Gasteiger partial charge on any atom is -0.494 e. The van der Waals surface area contributed by atoms with Crippen LogP contribution in [0.3, 0.4) is 0 Å². The van der Waals surface area contributed by atoms with Crippen molar-refractivity contribution in [2.45, 2.75) is 78.1 Å². The topological polar surface area (TPSA) is 88.4 Å². The second kappa shape index (κ2) is 14.4. The minimum atomic E-state index is -0.537. The summed E-state index contributed by atoms with van der Waals surface area (Å²) in [5, 5.41) is 12.9. The third-order valence-corrected chi connectivity index (χ3v) is 7.41. The van der Waals surface area contributed by atoms with Gasteiger partial charge < -0.3 is 14.8 Å². The van der Waals surface area contributed by atoms with E-state index in [0.717, 1.165) is 53.9 Å². The number of benzene rings is 1. The highest BCUT2D eigenvalue weighted by atomic mass is 32.1. The second-order valence-electron chi connectivity index (χ2n) is 8.94. The predicted octanol–water partition coefficient (Wildman–Crippen LogP) is 7.09. The summed E-state index contributed by atoms with van der Waals surface area (Å²) >= 11 is 1.41. The highest BCUT2D eigenvalue weighted by Crippen LogP contribution is 2.38. The molecular weight excluding hydrogens is 472 g/mol. The van der Waals surface area contributed by atoms with E-state index in [0.29, 0.717) is 17.2 Å². The Morgan fingerprint density at radius 2 is 1.78 bits per heavy atom. The summed E-state index contributed by atoms with van der Waals surface area (Å²) in [5.41, 5.74) is 2.11. The van der Waals surface area contributed by atoms with Crippen LogP contribution in [0.4, 0.5) is 5.00 Å². The van der Waals surface area contributed by atoms with E-state index in [1.165, 1.54) is 43.4 Å². The lowest BCUT2D eigenvalue weighted by Crippen LogP contribution is -2.16. The van der Waals surface area contributed by atoms with Crippen LogP contribution >= 0.6 is 11.3 Å². The molecule has 3 rings (SSSR count). The predicted molar refractivity (Wildman–Crippen MR) is 144 cm³/mol. The summed E-state index contributed by atoms with van der Waals surface area (Å²) in [4.78, 5) is 26.7. The minimum absolute atomic E-state index is 0.0306. The molecule has 0 saturated heterocycles. The molecule has 0 aliphatic heterocycles. The van der Waals surface area contributed by atoms with E-state index in [2.05, 4.69) is 12.2 Å². The van der Waals surface area contributed by atoms with Gasteiger partial charge in [0, 0.05) is 4.88 Å². The number of unbranched alkanes of at least 4 members (excludes halogenated alkanes) is 5. The number of aryl methyl sites for hydroxylation is 1. The van der Waals surface area contributed by atoms with Crippen molar-refractivity contribution in [3.63, 3.8) is 0 Å². The summed E-state index contributed by atoms with van der Waals surface area (Å²) in [5.74, 6) is -0.191. The van der Waals surface area contributed by atoms with Crippen LogP contribution in [-0.2, 0) is 22.4 Å². The number of carbonyl (C=O) groups excluding carboxylic acids is 2. The first-order valence-corrected chi connectivity index (χ1v) is 13.9. The van der Waals surface area contributed by atoms with Gasteiger partial charge in [0.05, 0.1) is 18.8 Å². The molecule has 1 aliphatic carbocycles. The fourth-order valence-electron chi connectivity index (χ4n) is 4.29. The van der Waals surface area contributed by atoms with Gasteiger partial charge in [-0.3, -0.25) is 4.79 Å². The molecule has 1 amide bonds. The molecule has 0 unspecified atom stereocenters. The fraction of sp³-hybridized carbons (Fsp3) is 0.483. The normalized spacial score (nSPS) is 13.0. The Labute approximate surface area is 218 Å². The molecule has 1 aromatic carbocycles. The van der Waals surface area contributed by atoms with Gasteiger partial charge in [0.2, 0.25) is 0 Å². The quantitative estimate of drug-likeness (QED) is 0.135. The summed E-state index contributed by atoms with van der Waals surface area (Å²) < 4.78 is 11.1. The maximum absolute atomic E-state index is 13.0. The molecule has 1 N–H and O–H groups in total. The molecule has 2 aromatic rings. The molecule has 1 aliphatic rings. The number of thiophene rings is 1. The number of hydrogen-bond donors (Lipinski definition) is 1. The molecule has 0 spiro atoms. The van der Waals surface area contributed by atoms with Crippen LogP contribution in [0.1, 0.15) is 91.6 Å². The number of amides is 1. The summed E-state index contributed by atoms with van der Waals surface area (Å²) in [6.45, 7) is 4.92. The average molecular weight is 509 g/mol. The summed E-state index contributed by atoms with van der Waals surface area (Å²) in [6, 6.07) is 9.35. The van der Waals surface area contributed by atoms with Crippen molar-refractivity contribution in [3.05, 3.63) is 51.4 Å². The number of ether oxygens (including phenoxy) is 2. The van der Waals surface area contributed by atoms with Crippen molar-refractivity contribution < 1.29 is 19.1 Å². The number of fused-ring (bicyclic) bond motifs is 1. The molecule has 0 fully saturated rings. The van der Waals surface area contributed by atoms with Crippen molar-refractivity contribution in [2.75, 3.05) is 18.5 Å². The first-order chi connectivity index (χ1) is 17.6. The number of rotatable bonds is 13. The molecule has 0 radical (unpaired) electrons. The van der Waals surface area contributed by atoms with Crippen LogP contribution < -0.4 is 10.1 Å². The Kier molecular flexibility index (Phi) is 11.0. The van der Waals surface area contributed by atoms with E-state index in [4.69, 9.17) is 9.47 Å². The Morgan fingerprint density at radius 3 is 2.50 bits per heavy atom. The fourth-order valence-corrected chi connectivity index (χ4v) is 5.56. The van der Waals surface area contributed by atoms with Crippen LogP contribution in [0.15, 0.2) is 29.8 Å². The smallest absolute Gasteiger partial charge is 0.341 e. The van der Waals surface area contributed by atoms with Crippen LogP contribution in [-0.4, -0.2) is 25.1 Å². The maximum Gasteiger partial charge on any atom is 0.341 e. The van der Waals surface area contributed by atoms with Crippen LogP contribution in [0.5, 0.6) is 5.75 Å². The maximum atomic E-state index is 13.0. The molecule has 0 saturated carbocycles. The Hall–Kier alpha value is -3.11. The molecule has 0 atom stereocenters. The standard InChI is InChI=1S/C29H36N2O4S/c1-3-5-6-7-8-11-18-35-23-16-14-21(15-17-23)19-22(20-30)27(32)31-28-26(29(33)34-4-2)24-12-9-10-13-25(24)36-28/h14-17,19H,3-13,18H2,1-2H3,(H,31,32). The highest BCUT2D eigenvalue weighted by molar-refractivity contribution is 7.17. The third kappa shape index (κ3) is 7.69. The molecule has 1 heterocycles. The third-order valence-electron chi connectivity index (χ3n) is 6.20. The highest BCUT2D eigenvalue weighted by Gasteiger charge is 2.27. The van der Waals surface area contributed by atoms with Gasteiger partial charge in [-0.15, -0.1) is 11.3 Å². The zero-order chi connectivity index (χ0) is 25.8. The van der Waals surface area contributed by atoms with E-state index in [9.17, 15) is 14.9 Å². The number of nitrogens with one attached hydrogen (secondary N) is 1. The Balaban J connectivity index is 1.63. The van der Waals surface area contributed by atoms with E-state index in [1.54, 1.807) is 13.0 Å². The lowest BCUT2D eigenvalue weighted by molar-refractivity contribution is -0.112. The molecule has 0 bridgehead atoms. The first-order valence-electron chi connectivity index (χ1n) is 13.0. The Bertz CT molecular complexity index is 1100. The lowest BCUT2D eigenvalue weighted by Gasteiger charge is -2.12. The summed E-state index contributed by atoms with van der Waals surface area (Å²) in [7, 11) is 0. The van der Waals surface area contributed by atoms with Crippen molar-refractivity contribution in [2.24, 2.45) is 0 Å². The van der Waals surface area contributed by atoms with E-state index < -0.39 is 11.9 Å². The van der Waals surface area contributed by atoms with Crippen molar-refractivity contribution in [1.82, 2.24) is 0 Å². The molecule has 192 valence electrons. The number of nitrogens with zero attached hydrogens (tertiary/aromatic N) is 1. The number of nitriles is 1. The monoisotopic (exact) mass is 508 g/mol. The number of esters is 1. The molecule has 36 heavy (non-hydrogen) atoms. The van der Waals surface area contributed by atoms with Gasteiger partial charge in [0.1, 0.15) is 22.4 Å². The van der Waals surface area contributed by atoms with Gasteiger partial charge in [-0.25, -0.2) is 4.79 Å². The lowest BCUT2D eigenvalue weighted by atomic mass is 9.95. The molecular formula is C29H36N2O4S. The van der Waals surface area contributed by atoms with E-state index >= 15 is 0 Å². The van der Waals surface area contributed by atoms with Crippen LogP contribution in [0, 0.1) is 11.3 Å². The van der Waals surface area contributed by atoms with Gasteiger partial charge in [-0.2, -0.15) is 5.26 Å². The largest absolute Gasteiger partial charge is 0.494 e. The summed E-state index contributed by atoms with van der Waals surface area (Å²) in [6.07, 6.45) is 12.6. The number of carbonyl (C=O) groups is 2. The first kappa shape index (κ1) is 27.5. The van der Waals surface area contributed by atoms with Gasteiger partial charge in [0.25, 0.3) is 5.91 Å². The molecule has 6 nitrogen and oxygen atoms in total.